The fourth-order valence-electron chi connectivity index (χ4n) is 3.48. The molecule has 31 heavy (non-hydrogen) atoms. The van der Waals surface area contributed by atoms with E-state index in [1.54, 1.807) is 0 Å². The fraction of sp³-hybridized carbons (Fsp3) is 0.286. The van der Waals surface area contributed by atoms with Gasteiger partial charge >= 0.3 is 6.01 Å². The number of benzene rings is 2. The number of anilines is 1. The van der Waals surface area contributed by atoms with Gasteiger partial charge in [-0.3, -0.25) is 10.1 Å². The number of amides is 1. The Kier molecular flexibility index (Phi) is 6.08. The Balaban J connectivity index is 1.45. The molecule has 1 aromatic heterocycles. The Hall–Kier alpha value is -2.75. The van der Waals surface area contributed by atoms with Crippen molar-refractivity contribution in [3.63, 3.8) is 0 Å². The van der Waals surface area contributed by atoms with E-state index >= 15 is 0 Å². The second kappa shape index (κ2) is 8.78. The Labute approximate surface area is 185 Å². The molecular weight excluding hydrogens is 440 g/mol. The van der Waals surface area contributed by atoms with Crippen molar-refractivity contribution in [2.45, 2.75) is 37.1 Å². The van der Waals surface area contributed by atoms with Crippen LogP contribution in [0.15, 0.2) is 57.8 Å². The molecule has 10 heteroatoms. The summed E-state index contributed by atoms with van der Waals surface area (Å²) in [4.78, 5) is 12.9. The molecule has 1 N–H and O–H groups in total. The summed E-state index contributed by atoms with van der Waals surface area (Å²) in [5.74, 6) is -0.142. The third kappa shape index (κ3) is 4.79. The van der Waals surface area contributed by atoms with Gasteiger partial charge in [0.25, 0.3) is 0 Å². The van der Waals surface area contributed by atoms with Crippen molar-refractivity contribution in [2.24, 2.45) is 0 Å². The van der Waals surface area contributed by atoms with Crippen LogP contribution in [0.2, 0.25) is 5.02 Å². The van der Waals surface area contributed by atoms with E-state index in [4.69, 9.17) is 16.0 Å². The first kappa shape index (κ1) is 21.5. The van der Waals surface area contributed by atoms with E-state index in [1.807, 2.05) is 31.2 Å². The minimum atomic E-state index is -3.83. The molecule has 0 bridgehead atoms. The highest BCUT2D eigenvalue weighted by molar-refractivity contribution is 7.89. The van der Waals surface area contributed by atoms with Crippen LogP contribution in [0.25, 0.3) is 0 Å². The summed E-state index contributed by atoms with van der Waals surface area (Å²) >= 11 is 5.85. The Morgan fingerprint density at radius 1 is 1.16 bits per heavy atom. The summed E-state index contributed by atoms with van der Waals surface area (Å²) in [6.07, 6.45) is 1.42. The Morgan fingerprint density at radius 3 is 2.58 bits per heavy atom. The standard InChI is InChI=1S/C21H21ClN4O4S/c1-14-4-6-15(7-5-14)13-19-24-25-21(30-19)23-20(27)18-3-2-12-26(18)31(28,29)17-10-8-16(22)9-11-17/h4-11,18H,2-3,12-13H2,1H3,(H,23,25,27). The lowest BCUT2D eigenvalue weighted by Gasteiger charge is -2.22. The van der Waals surface area contributed by atoms with E-state index < -0.39 is 22.0 Å². The van der Waals surface area contributed by atoms with Gasteiger partial charge in [-0.05, 0) is 49.6 Å². The average molecular weight is 461 g/mol. The molecule has 1 aliphatic heterocycles. The number of aryl methyl sites for hydroxylation is 1. The third-order valence-corrected chi connectivity index (χ3v) is 7.27. The van der Waals surface area contributed by atoms with Gasteiger partial charge in [-0.25, -0.2) is 8.42 Å². The number of sulfonamides is 1. The lowest BCUT2D eigenvalue weighted by Crippen LogP contribution is -2.43. The van der Waals surface area contributed by atoms with Gasteiger partial charge in [0.1, 0.15) is 6.04 Å². The van der Waals surface area contributed by atoms with Crippen LogP contribution in [-0.4, -0.2) is 41.4 Å². The molecule has 0 aliphatic carbocycles. The molecule has 162 valence electrons. The van der Waals surface area contributed by atoms with Gasteiger partial charge < -0.3 is 4.42 Å². The second-order valence-corrected chi connectivity index (χ2v) is 9.71. The number of carbonyl (C=O) groups excluding carboxylic acids is 1. The summed E-state index contributed by atoms with van der Waals surface area (Å²) in [6.45, 7) is 2.26. The largest absolute Gasteiger partial charge is 0.407 e. The maximum atomic E-state index is 13.0. The second-order valence-electron chi connectivity index (χ2n) is 7.38. The number of rotatable bonds is 6. The SMILES string of the molecule is Cc1ccc(Cc2nnc(NC(=O)C3CCCN3S(=O)(=O)c3ccc(Cl)cc3)o2)cc1. The van der Waals surface area contributed by atoms with Crippen LogP contribution >= 0.6 is 11.6 Å². The van der Waals surface area contributed by atoms with Crippen LogP contribution in [-0.2, 0) is 21.2 Å². The van der Waals surface area contributed by atoms with E-state index in [0.29, 0.717) is 30.2 Å². The smallest absolute Gasteiger partial charge is 0.322 e. The highest BCUT2D eigenvalue weighted by atomic mass is 35.5. The summed E-state index contributed by atoms with van der Waals surface area (Å²) in [5.41, 5.74) is 2.15. The van der Waals surface area contributed by atoms with Gasteiger partial charge in [0.05, 0.1) is 11.3 Å². The molecule has 2 heterocycles. The molecule has 1 fully saturated rings. The zero-order chi connectivity index (χ0) is 22.0. The average Bonchev–Trinajstić information content (AvgIpc) is 3.40. The first-order chi connectivity index (χ1) is 14.8. The predicted molar refractivity (Wildman–Crippen MR) is 115 cm³/mol. The number of nitrogens with one attached hydrogen (secondary N) is 1. The molecule has 1 amide bonds. The highest BCUT2D eigenvalue weighted by Crippen LogP contribution is 2.27. The van der Waals surface area contributed by atoms with Gasteiger partial charge in [-0.15, -0.1) is 5.10 Å². The molecular formula is C21H21ClN4O4S. The molecule has 1 aliphatic rings. The minimum Gasteiger partial charge on any atom is -0.407 e. The molecule has 2 aromatic carbocycles. The minimum absolute atomic E-state index is 0.0529. The van der Waals surface area contributed by atoms with E-state index in [1.165, 1.54) is 28.6 Å². The van der Waals surface area contributed by atoms with E-state index in [9.17, 15) is 13.2 Å². The van der Waals surface area contributed by atoms with Gasteiger partial charge in [0, 0.05) is 11.6 Å². The normalized spacial score (nSPS) is 17.0. The van der Waals surface area contributed by atoms with Crippen molar-refractivity contribution in [1.82, 2.24) is 14.5 Å². The molecule has 1 unspecified atom stereocenters. The van der Waals surface area contributed by atoms with Gasteiger partial charge in [-0.1, -0.05) is 46.5 Å². The van der Waals surface area contributed by atoms with Crippen molar-refractivity contribution >= 4 is 33.5 Å². The van der Waals surface area contributed by atoms with E-state index in [2.05, 4.69) is 15.5 Å². The first-order valence-corrected chi connectivity index (χ1v) is 11.6. The van der Waals surface area contributed by atoms with Crippen molar-refractivity contribution in [1.29, 1.82) is 0 Å². The van der Waals surface area contributed by atoms with Gasteiger partial charge in [0.2, 0.25) is 21.8 Å². The fourth-order valence-corrected chi connectivity index (χ4v) is 5.26. The molecule has 8 nitrogen and oxygen atoms in total. The number of aromatic nitrogens is 2. The highest BCUT2D eigenvalue weighted by Gasteiger charge is 2.39. The quantitative estimate of drug-likeness (QED) is 0.604. The van der Waals surface area contributed by atoms with Crippen molar-refractivity contribution in [2.75, 3.05) is 11.9 Å². The maximum Gasteiger partial charge on any atom is 0.322 e. The van der Waals surface area contributed by atoms with Crippen LogP contribution in [0.4, 0.5) is 6.01 Å². The molecule has 1 atom stereocenters. The van der Waals surface area contributed by atoms with E-state index in [0.717, 1.165) is 11.1 Å². The van der Waals surface area contributed by atoms with Gasteiger partial charge in [-0.2, -0.15) is 4.31 Å². The zero-order valence-corrected chi connectivity index (χ0v) is 18.4. The van der Waals surface area contributed by atoms with Crippen LogP contribution in [0.1, 0.15) is 29.9 Å². The number of hydrogen-bond acceptors (Lipinski definition) is 6. The van der Waals surface area contributed by atoms with Crippen molar-refractivity contribution in [3.05, 3.63) is 70.6 Å². The summed E-state index contributed by atoms with van der Waals surface area (Å²) < 4.78 is 32.7. The van der Waals surface area contributed by atoms with E-state index in [-0.39, 0.29) is 17.5 Å². The Bertz CT molecular complexity index is 1180. The summed E-state index contributed by atoms with van der Waals surface area (Å²) in [5, 5.41) is 10.8. The Morgan fingerprint density at radius 2 is 1.87 bits per heavy atom. The number of halogens is 1. The lowest BCUT2D eigenvalue weighted by molar-refractivity contribution is -0.119. The van der Waals surface area contributed by atoms with Gasteiger partial charge in [0.15, 0.2) is 0 Å². The van der Waals surface area contributed by atoms with Crippen LogP contribution < -0.4 is 5.32 Å². The lowest BCUT2D eigenvalue weighted by atomic mass is 10.1. The molecule has 1 saturated heterocycles. The molecule has 0 saturated carbocycles. The molecule has 4 rings (SSSR count). The molecule has 0 spiro atoms. The number of hydrogen-bond donors (Lipinski definition) is 1. The van der Waals surface area contributed by atoms with Crippen LogP contribution in [0.5, 0.6) is 0 Å². The zero-order valence-electron chi connectivity index (χ0n) is 16.8. The van der Waals surface area contributed by atoms with Crippen LogP contribution in [0, 0.1) is 6.92 Å². The van der Waals surface area contributed by atoms with Crippen molar-refractivity contribution < 1.29 is 17.6 Å². The van der Waals surface area contributed by atoms with Crippen LogP contribution in [0.3, 0.4) is 0 Å². The molecule has 0 radical (unpaired) electrons. The third-order valence-electron chi connectivity index (χ3n) is 5.10. The topological polar surface area (TPSA) is 105 Å². The summed E-state index contributed by atoms with van der Waals surface area (Å²) in [7, 11) is -3.83. The number of nitrogens with zero attached hydrogens (tertiary/aromatic N) is 3. The maximum absolute atomic E-state index is 13.0. The van der Waals surface area contributed by atoms with Crippen molar-refractivity contribution in [3.8, 4) is 0 Å². The number of carbonyl (C=O) groups is 1. The first-order valence-electron chi connectivity index (χ1n) is 9.79. The summed E-state index contributed by atoms with van der Waals surface area (Å²) in [6, 6.07) is 12.9. The monoisotopic (exact) mass is 460 g/mol. The molecule has 3 aromatic rings. The predicted octanol–water partition coefficient (Wildman–Crippen LogP) is 3.41.